The first-order chi connectivity index (χ1) is 10.1. The van der Waals surface area contributed by atoms with Crippen LogP contribution in [-0.2, 0) is 14.3 Å². The normalized spacial score (nSPS) is 12.6. The Balaban J connectivity index is 3.86. The maximum atomic E-state index is 11.3. The molecule has 0 aromatic rings. The Morgan fingerprint density at radius 1 is 1.10 bits per heavy atom. The van der Waals surface area contributed by atoms with Gasteiger partial charge >= 0.3 is 5.97 Å². The van der Waals surface area contributed by atoms with Gasteiger partial charge in [-0.15, -0.1) is 0 Å². The molecule has 0 aromatic heterocycles. The van der Waals surface area contributed by atoms with Gasteiger partial charge in [0.25, 0.3) is 0 Å². The Labute approximate surface area is 126 Å². The first-order valence-electron chi connectivity index (χ1n) is 7.04. The van der Waals surface area contributed by atoms with Crippen molar-refractivity contribution in [2.24, 2.45) is 0 Å². The Hall–Kier alpha value is -2.10. The summed E-state index contributed by atoms with van der Waals surface area (Å²) >= 11 is 0. The maximum absolute atomic E-state index is 11.3. The van der Waals surface area contributed by atoms with Gasteiger partial charge < -0.3 is 9.84 Å². The molecule has 0 aliphatic carbocycles. The summed E-state index contributed by atoms with van der Waals surface area (Å²) < 4.78 is 4.36. The quantitative estimate of drug-likeness (QED) is 0.166. The molecule has 4 heteroatoms. The van der Waals surface area contributed by atoms with Crippen molar-refractivity contribution >= 4 is 11.8 Å². The zero-order valence-electron chi connectivity index (χ0n) is 12.7. The molecule has 21 heavy (non-hydrogen) atoms. The number of ketones is 1. The fourth-order valence-corrected chi connectivity index (χ4v) is 1.49. The van der Waals surface area contributed by atoms with E-state index in [1.165, 1.54) is 13.2 Å². The van der Waals surface area contributed by atoms with E-state index in [4.69, 9.17) is 0 Å². The summed E-state index contributed by atoms with van der Waals surface area (Å²) in [4.78, 5) is 22.1. The van der Waals surface area contributed by atoms with E-state index in [-0.39, 0.29) is 12.2 Å². The van der Waals surface area contributed by atoms with Crippen molar-refractivity contribution in [2.45, 2.75) is 39.0 Å². The molecule has 0 atom stereocenters. The van der Waals surface area contributed by atoms with Gasteiger partial charge in [0, 0.05) is 6.08 Å². The highest BCUT2D eigenvalue weighted by atomic mass is 16.5. The summed E-state index contributed by atoms with van der Waals surface area (Å²) in [6, 6.07) is 0. The zero-order chi connectivity index (χ0) is 15.9. The first-order valence-corrected chi connectivity index (χ1v) is 7.04. The number of hydrogen-bond acceptors (Lipinski definition) is 4. The lowest BCUT2D eigenvalue weighted by atomic mass is 10.1. The molecule has 0 aromatic carbocycles. The van der Waals surface area contributed by atoms with Crippen molar-refractivity contribution in [1.82, 2.24) is 0 Å². The van der Waals surface area contributed by atoms with Crippen LogP contribution in [0.1, 0.15) is 39.0 Å². The number of carbonyl (C=O) groups is 2. The molecule has 0 rings (SSSR count). The number of aliphatic hydroxyl groups excluding tert-OH is 1. The minimum Gasteiger partial charge on any atom is -0.508 e. The highest BCUT2D eigenvalue weighted by molar-refractivity contribution is 6.02. The standard InChI is InChI=1S/C17H24O4/c1-3-4-5-6-7-8-9-10-11-12-15(18)13-16(19)14-17(20)21-2/h3-6,11-13,18H,7-10,14H2,1-2H3/b4-3+,6-5+,12-11+,15-13-. The van der Waals surface area contributed by atoms with Gasteiger partial charge in [-0.2, -0.15) is 0 Å². The number of aliphatic hydroxyl groups is 1. The summed E-state index contributed by atoms with van der Waals surface area (Å²) in [5.74, 6) is -1.23. The van der Waals surface area contributed by atoms with E-state index < -0.39 is 11.8 Å². The Morgan fingerprint density at radius 3 is 2.38 bits per heavy atom. The number of methoxy groups -OCH3 is 1. The number of allylic oxidation sites excluding steroid dienone is 7. The Bertz CT molecular complexity index is 428. The van der Waals surface area contributed by atoms with Crippen LogP contribution >= 0.6 is 0 Å². The minimum absolute atomic E-state index is 0.142. The molecule has 0 aliphatic heterocycles. The third-order valence-electron chi connectivity index (χ3n) is 2.57. The van der Waals surface area contributed by atoms with E-state index in [1.54, 1.807) is 0 Å². The predicted molar refractivity (Wildman–Crippen MR) is 83.9 cm³/mol. The van der Waals surface area contributed by atoms with Crippen LogP contribution in [0.5, 0.6) is 0 Å². The van der Waals surface area contributed by atoms with Gasteiger partial charge in [0.1, 0.15) is 12.2 Å². The number of ether oxygens (including phenoxy) is 1. The number of unbranched alkanes of at least 4 members (excludes halogenated alkanes) is 3. The van der Waals surface area contributed by atoms with Crippen LogP contribution in [-0.4, -0.2) is 24.0 Å². The second kappa shape index (κ2) is 12.9. The van der Waals surface area contributed by atoms with Crippen molar-refractivity contribution in [3.63, 3.8) is 0 Å². The Morgan fingerprint density at radius 2 is 1.76 bits per heavy atom. The molecule has 0 saturated heterocycles. The van der Waals surface area contributed by atoms with Crippen LogP contribution in [0.3, 0.4) is 0 Å². The lowest BCUT2D eigenvalue weighted by molar-refractivity contribution is -0.142. The van der Waals surface area contributed by atoms with Gasteiger partial charge in [-0.1, -0.05) is 30.4 Å². The highest BCUT2D eigenvalue weighted by Gasteiger charge is 2.06. The maximum Gasteiger partial charge on any atom is 0.313 e. The van der Waals surface area contributed by atoms with E-state index in [9.17, 15) is 14.7 Å². The molecule has 0 fully saturated rings. The van der Waals surface area contributed by atoms with Gasteiger partial charge in [0.15, 0.2) is 5.78 Å². The SMILES string of the molecule is C/C=C/C=C/CCCC/C=C/C(O)=C/C(=O)CC(=O)OC. The van der Waals surface area contributed by atoms with E-state index in [1.807, 2.05) is 31.2 Å². The molecule has 4 nitrogen and oxygen atoms in total. The van der Waals surface area contributed by atoms with Crippen molar-refractivity contribution in [3.8, 4) is 0 Å². The van der Waals surface area contributed by atoms with Gasteiger partial charge in [-0.05, 0) is 38.7 Å². The van der Waals surface area contributed by atoms with Crippen LogP contribution in [0.25, 0.3) is 0 Å². The summed E-state index contributed by atoms with van der Waals surface area (Å²) in [5.41, 5.74) is 0. The number of carbonyl (C=O) groups excluding carboxylic acids is 2. The summed E-state index contributed by atoms with van der Waals surface area (Å²) in [6.45, 7) is 1.98. The fourth-order valence-electron chi connectivity index (χ4n) is 1.49. The highest BCUT2D eigenvalue weighted by Crippen LogP contribution is 2.03. The van der Waals surface area contributed by atoms with Gasteiger partial charge in [-0.3, -0.25) is 9.59 Å². The van der Waals surface area contributed by atoms with E-state index >= 15 is 0 Å². The molecule has 0 heterocycles. The molecule has 0 unspecified atom stereocenters. The monoisotopic (exact) mass is 292 g/mol. The fraction of sp³-hybridized carbons (Fsp3) is 0.412. The average Bonchev–Trinajstić information content (AvgIpc) is 2.45. The first kappa shape index (κ1) is 18.9. The van der Waals surface area contributed by atoms with Gasteiger partial charge in [-0.25, -0.2) is 0 Å². The van der Waals surface area contributed by atoms with Crippen molar-refractivity contribution in [2.75, 3.05) is 7.11 Å². The second-order valence-electron chi connectivity index (χ2n) is 4.43. The molecular weight excluding hydrogens is 268 g/mol. The molecule has 0 aliphatic rings. The van der Waals surface area contributed by atoms with Crippen LogP contribution in [0.2, 0.25) is 0 Å². The Kier molecular flexibility index (Phi) is 11.6. The minimum atomic E-state index is -0.612. The number of rotatable bonds is 10. The van der Waals surface area contributed by atoms with Gasteiger partial charge in [0.05, 0.1) is 7.11 Å². The van der Waals surface area contributed by atoms with Crippen LogP contribution < -0.4 is 0 Å². The van der Waals surface area contributed by atoms with Crippen molar-refractivity contribution in [3.05, 3.63) is 48.3 Å². The third-order valence-corrected chi connectivity index (χ3v) is 2.57. The number of esters is 1. The zero-order valence-corrected chi connectivity index (χ0v) is 12.7. The summed E-state index contributed by atoms with van der Waals surface area (Å²) in [5, 5.41) is 9.49. The summed E-state index contributed by atoms with van der Waals surface area (Å²) in [6.07, 6.45) is 16.0. The third kappa shape index (κ3) is 12.7. The average molecular weight is 292 g/mol. The molecule has 0 amide bonds. The van der Waals surface area contributed by atoms with E-state index in [0.717, 1.165) is 31.8 Å². The molecule has 0 bridgehead atoms. The lowest BCUT2D eigenvalue weighted by Gasteiger charge is -1.95. The molecule has 0 saturated carbocycles. The smallest absolute Gasteiger partial charge is 0.313 e. The molecular formula is C17H24O4. The topological polar surface area (TPSA) is 63.6 Å². The number of hydrogen-bond donors (Lipinski definition) is 1. The largest absolute Gasteiger partial charge is 0.508 e. The van der Waals surface area contributed by atoms with E-state index in [0.29, 0.717) is 0 Å². The molecule has 0 spiro atoms. The molecule has 1 N–H and O–H groups in total. The van der Waals surface area contributed by atoms with Crippen molar-refractivity contribution in [1.29, 1.82) is 0 Å². The lowest BCUT2D eigenvalue weighted by Crippen LogP contribution is -2.07. The second-order valence-corrected chi connectivity index (χ2v) is 4.43. The predicted octanol–water partition coefficient (Wildman–Crippen LogP) is 3.81. The van der Waals surface area contributed by atoms with Crippen LogP contribution in [0.15, 0.2) is 48.3 Å². The molecule has 116 valence electrons. The molecule has 0 radical (unpaired) electrons. The van der Waals surface area contributed by atoms with Crippen LogP contribution in [0.4, 0.5) is 0 Å². The summed E-state index contributed by atoms with van der Waals surface area (Å²) in [7, 11) is 1.22. The van der Waals surface area contributed by atoms with Gasteiger partial charge in [0.2, 0.25) is 0 Å². The van der Waals surface area contributed by atoms with Crippen molar-refractivity contribution < 1.29 is 19.4 Å². The van der Waals surface area contributed by atoms with Crippen LogP contribution in [0, 0.1) is 0 Å². The van der Waals surface area contributed by atoms with E-state index in [2.05, 4.69) is 10.8 Å².